The van der Waals surface area contributed by atoms with E-state index in [1.54, 1.807) is 66.7 Å². The van der Waals surface area contributed by atoms with Crippen molar-refractivity contribution >= 4 is 23.4 Å². The molecule has 1 heterocycles. The van der Waals surface area contributed by atoms with Gasteiger partial charge in [-0.05, 0) is 17.7 Å². The molecule has 0 bridgehead atoms. The summed E-state index contributed by atoms with van der Waals surface area (Å²) in [6, 6.07) is 21.4. The molecule has 0 spiro atoms. The molecule has 1 aliphatic rings. The summed E-state index contributed by atoms with van der Waals surface area (Å²) in [6.45, 7) is 0.105. The molecule has 0 aliphatic carbocycles. The van der Waals surface area contributed by atoms with Gasteiger partial charge in [0.2, 0.25) is 11.6 Å². The zero-order valence-corrected chi connectivity index (χ0v) is 14.8. The number of imide groups is 1. The summed E-state index contributed by atoms with van der Waals surface area (Å²) in [5.41, 5.74) is 2.08. The molecule has 4 rings (SSSR count). The smallest absolute Gasteiger partial charge is 0.261 e. The third kappa shape index (κ3) is 3.03. The van der Waals surface area contributed by atoms with Crippen molar-refractivity contribution in [1.82, 2.24) is 4.90 Å². The summed E-state index contributed by atoms with van der Waals surface area (Å²) in [5.74, 6) is -1.84. The number of benzene rings is 3. The molecule has 0 saturated carbocycles. The first-order valence-electron chi connectivity index (χ1n) is 8.74. The molecule has 0 radical (unpaired) electrons. The molecule has 136 valence electrons. The molecule has 5 nitrogen and oxygen atoms in total. The number of carbonyl (C=O) groups is 4. The van der Waals surface area contributed by atoms with Crippen molar-refractivity contribution in [1.29, 1.82) is 0 Å². The minimum absolute atomic E-state index is 0.105. The number of Topliss-reactive ketones (excluding diaryl/α,β-unsaturated/α-hetero) is 2. The van der Waals surface area contributed by atoms with Crippen molar-refractivity contribution in [3.8, 4) is 0 Å². The predicted octanol–water partition coefficient (Wildman–Crippen LogP) is 3.55. The van der Waals surface area contributed by atoms with Crippen LogP contribution in [0, 0.1) is 0 Å². The molecule has 5 heteroatoms. The van der Waals surface area contributed by atoms with Crippen molar-refractivity contribution in [2.75, 3.05) is 0 Å². The molecule has 2 amide bonds. The maximum atomic E-state index is 12.4. The number of hydrogen-bond donors (Lipinski definition) is 0. The Balaban J connectivity index is 1.50. The van der Waals surface area contributed by atoms with Crippen molar-refractivity contribution in [2.24, 2.45) is 0 Å². The molecule has 0 fully saturated rings. The van der Waals surface area contributed by atoms with Crippen LogP contribution in [0.15, 0.2) is 78.9 Å². The Bertz CT molecular complexity index is 1070. The maximum absolute atomic E-state index is 12.4. The number of rotatable bonds is 5. The van der Waals surface area contributed by atoms with Crippen LogP contribution in [0.25, 0.3) is 0 Å². The van der Waals surface area contributed by atoms with Crippen LogP contribution in [0.2, 0.25) is 0 Å². The Morgan fingerprint density at radius 1 is 0.607 bits per heavy atom. The average Bonchev–Trinajstić information content (AvgIpc) is 2.99. The minimum atomic E-state index is -0.599. The van der Waals surface area contributed by atoms with E-state index in [0.717, 1.165) is 0 Å². The van der Waals surface area contributed by atoms with Crippen molar-refractivity contribution in [3.63, 3.8) is 0 Å². The Morgan fingerprint density at radius 2 is 1.07 bits per heavy atom. The highest BCUT2D eigenvalue weighted by Gasteiger charge is 2.34. The number of carbonyl (C=O) groups excluding carboxylic acids is 4. The zero-order valence-electron chi connectivity index (χ0n) is 14.8. The first-order chi connectivity index (χ1) is 13.6. The molecular weight excluding hydrogens is 354 g/mol. The molecule has 0 unspecified atom stereocenters. The van der Waals surface area contributed by atoms with E-state index in [-0.39, 0.29) is 23.9 Å². The van der Waals surface area contributed by atoms with E-state index in [1.165, 1.54) is 17.0 Å². The summed E-state index contributed by atoms with van der Waals surface area (Å²) >= 11 is 0. The molecule has 0 N–H and O–H groups in total. The van der Waals surface area contributed by atoms with Crippen LogP contribution >= 0.6 is 0 Å². The van der Waals surface area contributed by atoms with Crippen molar-refractivity contribution in [2.45, 2.75) is 6.54 Å². The summed E-state index contributed by atoms with van der Waals surface area (Å²) in [4.78, 5) is 50.7. The normalized spacial score (nSPS) is 12.8. The van der Waals surface area contributed by atoms with Gasteiger partial charge < -0.3 is 0 Å². The highest BCUT2D eigenvalue weighted by Crippen LogP contribution is 2.24. The number of fused-ring (bicyclic) bond motifs is 1. The van der Waals surface area contributed by atoms with Crippen molar-refractivity contribution < 1.29 is 19.2 Å². The van der Waals surface area contributed by atoms with Crippen LogP contribution in [0.3, 0.4) is 0 Å². The number of hydrogen-bond acceptors (Lipinski definition) is 4. The average molecular weight is 369 g/mol. The largest absolute Gasteiger partial charge is 0.285 e. The lowest BCUT2D eigenvalue weighted by Gasteiger charge is -2.14. The first kappa shape index (κ1) is 17.5. The van der Waals surface area contributed by atoms with E-state index < -0.39 is 11.6 Å². The van der Waals surface area contributed by atoms with E-state index in [9.17, 15) is 19.2 Å². The van der Waals surface area contributed by atoms with E-state index in [0.29, 0.717) is 22.3 Å². The third-order valence-corrected chi connectivity index (χ3v) is 4.68. The Hall–Kier alpha value is -3.86. The van der Waals surface area contributed by atoms with E-state index >= 15 is 0 Å². The SMILES string of the molecule is O=C(C(=O)c1ccc(CN2C(=O)c3ccccc3C2=O)cc1)c1ccccc1. The van der Waals surface area contributed by atoms with Gasteiger partial charge in [0.05, 0.1) is 17.7 Å². The third-order valence-electron chi connectivity index (χ3n) is 4.68. The zero-order chi connectivity index (χ0) is 19.7. The van der Waals surface area contributed by atoms with Crippen LogP contribution in [-0.2, 0) is 6.54 Å². The van der Waals surface area contributed by atoms with E-state index in [4.69, 9.17) is 0 Å². The molecule has 3 aromatic carbocycles. The van der Waals surface area contributed by atoms with Gasteiger partial charge in [-0.2, -0.15) is 0 Å². The van der Waals surface area contributed by atoms with E-state index in [1.807, 2.05) is 0 Å². The summed E-state index contributed by atoms with van der Waals surface area (Å²) < 4.78 is 0. The fourth-order valence-electron chi connectivity index (χ4n) is 3.18. The summed E-state index contributed by atoms with van der Waals surface area (Å²) in [5, 5.41) is 0. The molecular formula is C23H15NO4. The highest BCUT2D eigenvalue weighted by molar-refractivity contribution is 6.49. The second-order valence-electron chi connectivity index (χ2n) is 6.46. The Morgan fingerprint density at radius 3 is 1.61 bits per heavy atom. The second-order valence-corrected chi connectivity index (χ2v) is 6.46. The summed E-state index contributed by atoms with van der Waals surface area (Å²) in [7, 11) is 0. The fourth-order valence-corrected chi connectivity index (χ4v) is 3.18. The fraction of sp³-hybridized carbons (Fsp3) is 0.0435. The Labute approximate surface area is 161 Å². The lowest BCUT2D eigenvalue weighted by Crippen LogP contribution is -2.29. The topological polar surface area (TPSA) is 71.5 Å². The summed E-state index contributed by atoms with van der Waals surface area (Å²) in [6.07, 6.45) is 0. The Kier molecular flexibility index (Phi) is 4.41. The quantitative estimate of drug-likeness (QED) is 0.392. The molecule has 3 aromatic rings. The molecule has 1 aliphatic heterocycles. The van der Waals surface area contributed by atoms with Gasteiger partial charge in [0.15, 0.2) is 0 Å². The van der Waals surface area contributed by atoms with Crippen LogP contribution in [0.1, 0.15) is 47.0 Å². The van der Waals surface area contributed by atoms with Gasteiger partial charge in [-0.15, -0.1) is 0 Å². The van der Waals surface area contributed by atoms with Crippen LogP contribution in [0.5, 0.6) is 0 Å². The van der Waals surface area contributed by atoms with Gasteiger partial charge in [0.25, 0.3) is 11.8 Å². The van der Waals surface area contributed by atoms with E-state index in [2.05, 4.69) is 0 Å². The molecule has 0 aromatic heterocycles. The number of nitrogens with zero attached hydrogens (tertiary/aromatic N) is 1. The van der Waals surface area contributed by atoms with Gasteiger partial charge in [0, 0.05) is 11.1 Å². The lowest BCUT2D eigenvalue weighted by molar-refractivity contribution is 0.0642. The van der Waals surface area contributed by atoms with Crippen LogP contribution < -0.4 is 0 Å². The standard InChI is InChI=1S/C23H15NO4/c25-20(16-6-2-1-3-7-16)21(26)17-12-10-15(11-13-17)14-24-22(27)18-8-4-5-9-19(18)23(24)28/h1-13H,14H2. The monoisotopic (exact) mass is 369 g/mol. The van der Waals surface area contributed by atoms with Crippen LogP contribution in [-0.4, -0.2) is 28.3 Å². The molecule has 0 saturated heterocycles. The number of ketones is 2. The number of amides is 2. The lowest BCUT2D eigenvalue weighted by atomic mass is 10.0. The maximum Gasteiger partial charge on any atom is 0.261 e. The molecule has 28 heavy (non-hydrogen) atoms. The van der Waals surface area contributed by atoms with Gasteiger partial charge in [-0.25, -0.2) is 0 Å². The van der Waals surface area contributed by atoms with Crippen LogP contribution in [0.4, 0.5) is 0 Å². The van der Waals surface area contributed by atoms with Crippen molar-refractivity contribution in [3.05, 3.63) is 107 Å². The second kappa shape index (κ2) is 7.04. The van der Waals surface area contributed by atoms with Gasteiger partial charge >= 0.3 is 0 Å². The van der Waals surface area contributed by atoms with Gasteiger partial charge in [-0.3, -0.25) is 24.1 Å². The highest BCUT2D eigenvalue weighted by atomic mass is 16.2. The predicted molar refractivity (Wildman–Crippen MR) is 102 cm³/mol. The van der Waals surface area contributed by atoms with Gasteiger partial charge in [0.1, 0.15) is 0 Å². The first-order valence-corrected chi connectivity index (χ1v) is 8.74. The van der Waals surface area contributed by atoms with Gasteiger partial charge in [-0.1, -0.05) is 66.7 Å². The minimum Gasteiger partial charge on any atom is -0.285 e. The molecule has 0 atom stereocenters.